The first-order chi connectivity index (χ1) is 14.9. The van der Waals surface area contributed by atoms with E-state index in [2.05, 4.69) is 10.3 Å². The van der Waals surface area contributed by atoms with Gasteiger partial charge in [-0.3, -0.25) is 14.4 Å². The van der Waals surface area contributed by atoms with Crippen LogP contribution in [0.4, 0.5) is 0 Å². The molecule has 1 fully saturated rings. The fourth-order valence-electron chi connectivity index (χ4n) is 3.20. The van der Waals surface area contributed by atoms with Gasteiger partial charge in [0.05, 0.1) is 13.0 Å². The maximum atomic E-state index is 12.8. The van der Waals surface area contributed by atoms with E-state index in [4.69, 9.17) is 14.2 Å². The van der Waals surface area contributed by atoms with Gasteiger partial charge in [-0.25, -0.2) is 4.98 Å². The first kappa shape index (κ1) is 22.1. The van der Waals surface area contributed by atoms with Gasteiger partial charge in [-0.1, -0.05) is 30.3 Å². The molecule has 3 unspecified atom stereocenters. The van der Waals surface area contributed by atoms with Crippen LogP contribution in [0.2, 0.25) is 0 Å². The molecular weight excluding hydrogens is 404 g/mol. The van der Waals surface area contributed by atoms with Gasteiger partial charge in [0.2, 0.25) is 0 Å². The molecule has 2 N–H and O–H groups in total. The van der Waals surface area contributed by atoms with Crippen molar-refractivity contribution in [3.05, 3.63) is 60.3 Å². The van der Waals surface area contributed by atoms with E-state index in [0.717, 1.165) is 5.56 Å². The molecule has 31 heavy (non-hydrogen) atoms. The number of nitrogens with zero attached hydrogens (tertiary/aromatic N) is 1. The van der Waals surface area contributed by atoms with Crippen LogP contribution in [0, 0.1) is 12.3 Å². The van der Waals surface area contributed by atoms with Gasteiger partial charge >= 0.3 is 11.9 Å². The van der Waals surface area contributed by atoms with Gasteiger partial charge in [-0.05, 0) is 18.9 Å². The maximum absolute atomic E-state index is 12.8. The third kappa shape index (κ3) is 5.71. The number of carbonyl (C=O) groups excluding carboxylic acids is 3. The third-order valence-electron chi connectivity index (χ3n) is 4.65. The zero-order valence-electron chi connectivity index (χ0n) is 17.1. The molecule has 0 bridgehead atoms. The van der Waals surface area contributed by atoms with E-state index >= 15 is 0 Å². The highest BCUT2D eigenvalue weighted by Crippen LogP contribution is 2.27. The summed E-state index contributed by atoms with van der Waals surface area (Å²) in [5.74, 6) is -3.20. The number of ether oxygens (including phenoxy) is 3. The second-order valence-corrected chi connectivity index (χ2v) is 7.00. The molecule has 1 aliphatic heterocycles. The molecule has 3 atom stereocenters. The van der Waals surface area contributed by atoms with E-state index in [-0.39, 0.29) is 11.4 Å². The molecule has 1 aromatic carbocycles. The van der Waals surface area contributed by atoms with Crippen molar-refractivity contribution in [3.63, 3.8) is 0 Å². The number of pyridine rings is 1. The van der Waals surface area contributed by atoms with Crippen LogP contribution < -0.4 is 10.1 Å². The zero-order chi connectivity index (χ0) is 22.4. The molecular formula is C22H23N2O7. The number of benzene rings is 1. The highest BCUT2D eigenvalue weighted by molar-refractivity contribution is 5.96. The molecule has 0 spiro atoms. The Morgan fingerprint density at radius 2 is 1.97 bits per heavy atom. The van der Waals surface area contributed by atoms with Crippen molar-refractivity contribution >= 4 is 17.8 Å². The van der Waals surface area contributed by atoms with Crippen molar-refractivity contribution in [2.45, 2.75) is 32.1 Å². The lowest BCUT2D eigenvalue weighted by atomic mass is 9.94. The molecule has 0 saturated carbocycles. The van der Waals surface area contributed by atoms with Crippen molar-refractivity contribution in [2.75, 3.05) is 7.11 Å². The maximum Gasteiger partial charge on any atom is 0.311 e. The minimum atomic E-state index is -1.29. The van der Waals surface area contributed by atoms with Gasteiger partial charge in [0.15, 0.2) is 23.4 Å². The van der Waals surface area contributed by atoms with Crippen LogP contribution in [0.1, 0.15) is 29.4 Å². The topological polar surface area (TPSA) is 124 Å². The molecule has 1 radical (unpaired) electrons. The fraction of sp³-hybridized carbons (Fsp3) is 0.318. The smallest absolute Gasteiger partial charge is 0.311 e. The molecule has 9 nitrogen and oxygen atoms in total. The highest BCUT2D eigenvalue weighted by Gasteiger charge is 2.32. The zero-order valence-corrected chi connectivity index (χ0v) is 17.1. The summed E-state index contributed by atoms with van der Waals surface area (Å²) in [7, 11) is 1.33. The van der Waals surface area contributed by atoms with E-state index < -0.39 is 48.3 Å². The number of methoxy groups -OCH3 is 1. The summed E-state index contributed by atoms with van der Waals surface area (Å²) in [5.41, 5.74) is 0.578. The third-order valence-corrected chi connectivity index (χ3v) is 4.65. The number of rotatable bonds is 5. The minimum absolute atomic E-state index is 0.0531. The van der Waals surface area contributed by atoms with Crippen LogP contribution in [-0.2, 0) is 25.5 Å². The molecule has 1 amide bonds. The van der Waals surface area contributed by atoms with Crippen molar-refractivity contribution < 1.29 is 33.7 Å². The summed E-state index contributed by atoms with van der Waals surface area (Å²) in [5, 5.41) is 12.5. The van der Waals surface area contributed by atoms with Gasteiger partial charge in [0.1, 0.15) is 12.5 Å². The van der Waals surface area contributed by atoms with Crippen molar-refractivity contribution in [3.8, 4) is 11.5 Å². The van der Waals surface area contributed by atoms with Crippen molar-refractivity contribution in [1.82, 2.24) is 10.3 Å². The summed E-state index contributed by atoms with van der Waals surface area (Å²) in [6, 6.07) is 10.7. The monoisotopic (exact) mass is 427 g/mol. The average Bonchev–Trinajstić information content (AvgIpc) is 2.77. The van der Waals surface area contributed by atoms with Gasteiger partial charge < -0.3 is 24.6 Å². The molecule has 2 aromatic rings. The molecule has 1 saturated heterocycles. The molecule has 1 aliphatic rings. The van der Waals surface area contributed by atoms with E-state index in [0.29, 0.717) is 6.42 Å². The fourth-order valence-corrected chi connectivity index (χ4v) is 3.20. The number of nitrogens with one attached hydrogen (secondary N) is 1. The van der Waals surface area contributed by atoms with Gasteiger partial charge in [0.25, 0.3) is 5.91 Å². The van der Waals surface area contributed by atoms with E-state index in [1.54, 1.807) is 13.3 Å². The first-order valence-electron chi connectivity index (χ1n) is 9.69. The van der Waals surface area contributed by atoms with Crippen LogP contribution in [-0.4, -0.2) is 47.4 Å². The van der Waals surface area contributed by atoms with E-state index in [1.807, 2.05) is 30.3 Å². The van der Waals surface area contributed by atoms with E-state index in [9.17, 15) is 19.5 Å². The van der Waals surface area contributed by atoms with Crippen molar-refractivity contribution in [2.24, 2.45) is 5.92 Å². The average molecular weight is 427 g/mol. The lowest BCUT2D eigenvalue weighted by Gasteiger charge is -2.20. The molecule has 2 heterocycles. The van der Waals surface area contributed by atoms with Crippen LogP contribution in [0.5, 0.6) is 11.5 Å². The summed E-state index contributed by atoms with van der Waals surface area (Å²) in [6.45, 7) is 1.65. The van der Waals surface area contributed by atoms with Crippen molar-refractivity contribution in [1.29, 1.82) is 0 Å². The number of carbonyl (C=O) groups is 3. The second kappa shape index (κ2) is 9.92. The quantitative estimate of drug-likeness (QED) is 0.692. The second-order valence-electron chi connectivity index (χ2n) is 7.00. The Labute approximate surface area is 179 Å². The summed E-state index contributed by atoms with van der Waals surface area (Å²) >= 11 is 0. The molecule has 3 rings (SSSR count). The molecule has 0 aliphatic carbocycles. The van der Waals surface area contributed by atoms with Gasteiger partial charge in [0, 0.05) is 18.7 Å². The number of amides is 1. The SMILES string of the molecule is COc1ccnc(C(=O)NC2CC(=O)OC(C)[CH]C(Cc3ccccc3)C(=O)O2)c1O. The summed E-state index contributed by atoms with van der Waals surface area (Å²) < 4.78 is 15.7. The number of aromatic hydroxyl groups is 1. The van der Waals surface area contributed by atoms with Crippen LogP contribution in [0.3, 0.4) is 0 Å². The largest absolute Gasteiger partial charge is 0.503 e. The molecule has 9 heteroatoms. The molecule has 1 aromatic heterocycles. The lowest BCUT2D eigenvalue weighted by molar-refractivity contribution is -0.156. The predicted molar refractivity (Wildman–Crippen MR) is 108 cm³/mol. The van der Waals surface area contributed by atoms with Gasteiger partial charge in [-0.2, -0.15) is 0 Å². The Morgan fingerprint density at radius 1 is 1.23 bits per heavy atom. The number of esters is 2. The number of hydrogen-bond donors (Lipinski definition) is 2. The Bertz CT molecular complexity index is 948. The Morgan fingerprint density at radius 3 is 2.68 bits per heavy atom. The Hall–Kier alpha value is -3.62. The summed E-state index contributed by atoms with van der Waals surface area (Å²) in [6.07, 6.45) is 0.930. The minimum Gasteiger partial charge on any atom is -0.503 e. The van der Waals surface area contributed by atoms with E-state index in [1.165, 1.54) is 19.4 Å². The van der Waals surface area contributed by atoms with Crippen LogP contribution in [0.25, 0.3) is 0 Å². The van der Waals surface area contributed by atoms with Crippen LogP contribution >= 0.6 is 0 Å². The highest BCUT2D eigenvalue weighted by atomic mass is 16.6. The molecule has 163 valence electrons. The van der Waals surface area contributed by atoms with Crippen LogP contribution in [0.15, 0.2) is 42.6 Å². The lowest BCUT2D eigenvalue weighted by Crippen LogP contribution is -2.41. The number of cyclic esters (lactones) is 2. The summed E-state index contributed by atoms with van der Waals surface area (Å²) in [4.78, 5) is 41.4. The normalized spacial score (nSPS) is 21.7. The Kier molecular flexibility index (Phi) is 7.07. The Balaban J connectivity index is 1.78. The number of aromatic nitrogens is 1. The first-order valence-corrected chi connectivity index (χ1v) is 9.69. The number of hydrogen-bond acceptors (Lipinski definition) is 8. The van der Waals surface area contributed by atoms with Gasteiger partial charge in [-0.15, -0.1) is 0 Å². The predicted octanol–water partition coefficient (Wildman–Crippen LogP) is 1.79. The standard InChI is InChI=1S/C22H23N2O7/c1-13-10-15(11-14-6-4-3-5-7-14)22(28)31-17(12-18(25)30-13)24-21(27)19-20(26)16(29-2)8-9-23-19/h3-10,13,15,17,26H,11-12H2,1-2H3,(H,24,27).